The average Bonchev–Trinajstić information content (AvgIpc) is 2.83. The number of nitrogens with zero attached hydrogens (tertiary/aromatic N) is 1. The Morgan fingerprint density at radius 3 is 2.26 bits per heavy atom. The lowest BCUT2D eigenvalue weighted by molar-refractivity contribution is -0.137. The standard InChI is InChI=1S/C24H22ClF3N2O4S/c1-30(35(32,33)19-6-4-3-5-7-19)22(16-8-11-18(34-2)12-9-16)15-23(31)29-17-10-13-21(25)20(14-17)24(26,27)28/h3-14,22H,15H2,1-2H3,(H,29,31)/t22-/m0/s1. The molecule has 0 heterocycles. The van der Waals surface area contributed by atoms with E-state index in [-0.39, 0.29) is 17.0 Å². The minimum atomic E-state index is -4.70. The minimum Gasteiger partial charge on any atom is -0.497 e. The highest BCUT2D eigenvalue weighted by molar-refractivity contribution is 7.89. The zero-order valence-corrected chi connectivity index (χ0v) is 20.3. The van der Waals surface area contributed by atoms with Gasteiger partial charge in [-0.15, -0.1) is 0 Å². The van der Waals surface area contributed by atoms with Gasteiger partial charge in [0, 0.05) is 19.2 Å². The van der Waals surface area contributed by atoms with Crippen molar-refractivity contribution in [1.29, 1.82) is 0 Å². The fourth-order valence-electron chi connectivity index (χ4n) is 3.42. The van der Waals surface area contributed by atoms with Crippen molar-refractivity contribution in [3.8, 4) is 5.75 Å². The SMILES string of the molecule is COc1ccc([C@H](CC(=O)Nc2ccc(Cl)c(C(F)(F)F)c2)N(C)S(=O)(=O)c2ccccc2)cc1. The van der Waals surface area contributed by atoms with Crippen LogP contribution in [0.2, 0.25) is 5.02 Å². The number of hydrogen-bond acceptors (Lipinski definition) is 4. The van der Waals surface area contributed by atoms with Gasteiger partial charge in [0.05, 0.1) is 28.6 Å². The first-order valence-corrected chi connectivity index (χ1v) is 12.1. The number of rotatable bonds is 8. The number of hydrogen-bond donors (Lipinski definition) is 1. The molecule has 0 aliphatic rings. The average molecular weight is 527 g/mol. The van der Waals surface area contributed by atoms with E-state index in [0.717, 1.165) is 16.4 Å². The summed E-state index contributed by atoms with van der Waals surface area (Å²) in [6, 6.07) is 16.2. The normalized spacial score (nSPS) is 12.9. The number of alkyl halides is 3. The predicted molar refractivity (Wildman–Crippen MR) is 127 cm³/mol. The van der Waals surface area contributed by atoms with Crippen LogP contribution in [0.1, 0.15) is 23.6 Å². The first-order valence-electron chi connectivity index (χ1n) is 10.3. The number of halogens is 4. The second kappa shape index (κ2) is 10.7. The van der Waals surface area contributed by atoms with Crippen molar-refractivity contribution < 1.29 is 31.1 Å². The van der Waals surface area contributed by atoms with Crippen LogP contribution in [0.4, 0.5) is 18.9 Å². The lowest BCUT2D eigenvalue weighted by Crippen LogP contribution is -2.33. The van der Waals surface area contributed by atoms with Crippen molar-refractivity contribution in [1.82, 2.24) is 4.31 Å². The monoisotopic (exact) mass is 526 g/mol. The summed E-state index contributed by atoms with van der Waals surface area (Å²) in [5.74, 6) is -0.150. The molecule has 186 valence electrons. The summed E-state index contributed by atoms with van der Waals surface area (Å²) in [6.45, 7) is 0. The maximum Gasteiger partial charge on any atom is 0.417 e. The Morgan fingerprint density at radius 2 is 1.69 bits per heavy atom. The highest BCUT2D eigenvalue weighted by atomic mass is 35.5. The van der Waals surface area contributed by atoms with Crippen LogP contribution in [0.25, 0.3) is 0 Å². The lowest BCUT2D eigenvalue weighted by atomic mass is 10.0. The highest BCUT2D eigenvalue weighted by Gasteiger charge is 2.34. The van der Waals surface area contributed by atoms with Crippen LogP contribution in [-0.2, 0) is 21.0 Å². The van der Waals surface area contributed by atoms with Crippen LogP contribution in [0.5, 0.6) is 5.75 Å². The van der Waals surface area contributed by atoms with Crippen molar-refractivity contribution in [2.75, 3.05) is 19.5 Å². The third-order valence-corrected chi connectivity index (χ3v) is 7.50. The molecular formula is C24H22ClF3N2O4S. The molecule has 0 aliphatic carbocycles. The van der Waals surface area contributed by atoms with Gasteiger partial charge < -0.3 is 10.1 Å². The van der Waals surface area contributed by atoms with Gasteiger partial charge in [-0.3, -0.25) is 4.79 Å². The number of ether oxygens (including phenoxy) is 1. The largest absolute Gasteiger partial charge is 0.497 e. The molecule has 3 aromatic rings. The van der Waals surface area contributed by atoms with Gasteiger partial charge in [-0.2, -0.15) is 17.5 Å². The van der Waals surface area contributed by atoms with Crippen LogP contribution in [0.3, 0.4) is 0 Å². The van der Waals surface area contributed by atoms with Gasteiger partial charge >= 0.3 is 6.18 Å². The summed E-state index contributed by atoms with van der Waals surface area (Å²) in [6.07, 6.45) is -5.06. The molecule has 1 amide bonds. The Hall–Kier alpha value is -3.08. The molecule has 0 fully saturated rings. The number of methoxy groups -OCH3 is 1. The summed E-state index contributed by atoms with van der Waals surface area (Å²) < 4.78 is 72.2. The molecule has 0 saturated carbocycles. The first kappa shape index (κ1) is 26.5. The van der Waals surface area contributed by atoms with Crippen molar-refractivity contribution in [3.63, 3.8) is 0 Å². The lowest BCUT2D eigenvalue weighted by Gasteiger charge is -2.28. The third kappa shape index (κ3) is 6.33. The zero-order valence-electron chi connectivity index (χ0n) is 18.7. The number of anilines is 1. The van der Waals surface area contributed by atoms with E-state index in [1.54, 1.807) is 42.5 Å². The second-order valence-corrected chi connectivity index (χ2v) is 9.97. The van der Waals surface area contributed by atoms with Crippen molar-refractivity contribution in [3.05, 3.63) is 88.9 Å². The number of amides is 1. The Kier molecular flexibility index (Phi) is 8.09. The number of sulfonamides is 1. The quantitative estimate of drug-likeness (QED) is 0.405. The Balaban J connectivity index is 1.92. The van der Waals surface area contributed by atoms with Gasteiger partial charge in [-0.25, -0.2) is 8.42 Å². The first-order chi connectivity index (χ1) is 16.4. The van der Waals surface area contributed by atoms with Gasteiger partial charge in [0.15, 0.2) is 0 Å². The minimum absolute atomic E-state index is 0.0361. The molecule has 11 heteroatoms. The number of benzene rings is 3. The van der Waals surface area contributed by atoms with Crippen LogP contribution in [-0.4, -0.2) is 32.8 Å². The van der Waals surface area contributed by atoms with E-state index < -0.39 is 38.7 Å². The second-order valence-electron chi connectivity index (χ2n) is 7.57. The van der Waals surface area contributed by atoms with E-state index in [1.165, 1.54) is 32.4 Å². The maximum absolute atomic E-state index is 13.2. The molecule has 0 saturated heterocycles. The third-order valence-electron chi connectivity index (χ3n) is 5.29. The van der Waals surface area contributed by atoms with E-state index in [2.05, 4.69) is 5.32 Å². The molecule has 0 aromatic heterocycles. The maximum atomic E-state index is 13.2. The predicted octanol–water partition coefficient (Wildman–Crippen LogP) is 5.76. The summed E-state index contributed by atoms with van der Waals surface area (Å²) in [7, 11) is -1.18. The van der Waals surface area contributed by atoms with E-state index in [4.69, 9.17) is 16.3 Å². The van der Waals surface area contributed by atoms with Gasteiger partial charge in [0.1, 0.15) is 5.75 Å². The Morgan fingerprint density at radius 1 is 1.06 bits per heavy atom. The zero-order chi connectivity index (χ0) is 25.8. The molecule has 1 N–H and O–H groups in total. The van der Waals surface area contributed by atoms with Crippen molar-refractivity contribution in [2.24, 2.45) is 0 Å². The van der Waals surface area contributed by atoms with Gasteiger partial charge in [-0.1, -0.05) is 41.9 Å². The summed E-state index contributed by atoms with van der Waals surface area (Å²) in [5, 5.41) is 1.91. The smallest absolute Gasteiger partial charge is 0.417 e. The summed E-state index contributed by atoms with van der Waals surface area (Å²) >= 11 is 5.64. The highest BCUT2D eigenvalue weighted by Crippen LogP contribution is 2.36. The Bertz CT molecular complexity index is 1280. The topological polar surface area (TPSA) is 75.7 Å². The van der Waals surface area contributed by atoms with Crippen LogP contribution >= 0.6 is 11.6 Å². The molecule has 0 spiro atoms. The summed E-state index contributed by atoms with van der Waals surface area (Å²) in [4.78, 5) is 12.9. The number of nitrogens with one attached hydrogen (secondary N) is 1. The van der Waals surface area contributed by atoms with Crippen LogP contribution in [0.15, 0.2) is 77.7 Å². The summed E-state index contributed by atoms with van der Waals surface area (Å²) in [5.41, 5.74) is -0.712. The number of carbonyl (C=O) groups is 1. The van der Waals surface area contributed by atoms with Gasteiger partial charge in [0.25, 0.3) is 0 Å². The molecule has 3 aromatic carbocycles. The van der Waals surface area contributed by atoms with Crippen LogP contribution < -0.4 is 10.1 Å². The van der Waals surface area contributed by atoms with E-state index in [1.807, 2.05) is 0 Å². The molecule has 0 unspecified atom stereocenters. The molecular weight excluding hydrogens is 505 g/mol. The molecule has 35 heavy (non-hydrogen) atoms. The van der Waals surface area contributed by atoms with E-state index >= 15 is 0 Å². The van der Waals surface area contributed by atoms with Gasteiger partial charge in [-0.05, 0) is 48.0 Å². The van der Waals surface area contributed by atoms with Crippen molar-refractivity contribution >= 4 is 33.2 Å². The molecule has 6 nitrogen and oxygen atoms in total. The Labute approximate surface area is 206 Å². The fourth-order valence-corrected chi connectivity index (χ4v) is 5.01. The van der Waals surface area contributed by atoms with E-state index in [9.17, 15) is 26.4 Å². The molecule has 0 bridgehead atoms. The fraction of sp³-hybridized carbons (Fsp3) is 0.208. The van der Waals surface area contributed by atoms with Gasteiger partial charge in [0.2, 0.25) is 15.9 Å². The molecule has 1 atom stereocenters. The van der Waals surface area contributed by atoms with Crippen LogP contribution in [0, 0.1) is 0 Å². The molecule has 3 rings (SSSR count). The number of carbonyl (C=O) groups excluding carboxylic acids is 1. The molecule has 0 radical (unpaired) electrons. The van der Waals surface area contributed by atoms with E-state index in [0.29, 0.717) is 11.3 Å². The van der Waals surface area contributed by atoms with Crippen molar-refractivity contribution in [2.45, 2.75) is 23.5 Å². The molecule has 0 aliphatic heterocycles.